The van der Waals surface area contributed by atoms with E-state index in [1.165, 1.54) is 17.7 Å². The number of nitrogens with zero attached hydrogens (tertiary/aromatic N) is 3. The predicted molar refractivity (Wildman–Crippen MR) is 86.1 cm³/mol. The van der Waals surface area contributed by atoms with Crippen LogP contribution in [0.5, 0.6) is 0 Å². The number of carboxylic acids is 1. The quantitative estimate of drug-likeness (QED) is 0.856. The molecule has 0 spiro atoms. The van der Waals surface area contributed by atoms with Crippen LogP contribution in [0.4, 0.5) is 5.82 Å². The molecule has 3 heterocycles. The van der Waals surface area contributed by atoms with Gasteiger partial charge in [0, 0.05) is 6.54 Å². The standard InChI is InChI=1S/C15H17N3O4S/c1-3-22-15(21)11-8(2)10-12(16-7-17-13(10)23-11)18-6-4-5-9(18)14(19)20/h7,9H,3-6H2,1-2H3,(H,19,20)/t9-/m0/s1. The molecule has 0 radical (unpaired) electrons. The van der Waals surface area contributed by atoms with Crippen molar-refractivity contribution in [2.24, 2.45) is 0 Å². The van der Waals surface area contributed by atoms with Crippen LogP contribution in [0, 0.1) is 6.92 Å². The van der Waals surface area contributed by atoms with E-state index in [4.69, 9.17) is 4.74 Å². The summed E-state index contributed by atoms with van der Waals surface area (Å²) in [5, 5.41) is 10.1. The third-order valence-corrected chi connectivity index (χ3v) is 5.16. The first-order valence-corrected chi connectivity index (χ1v) is 8.27. The first kappa shape index (κ1) is 15.7. The second kappa shape index (κ2) is 6.11. The Bertz CT molecular complexity index is 773. The van der Waals surface area contributed by atoms with Crippen molar-refractivity contribution in [1.29, 1.82) is 0 Å². The number of thiophene rings is 1. The van der Waals surface area contributed by atoms with E-state index in [-0.39, 0.29) is 5.97 Å². The van der Waals surface area contributed by atoms with Crippen molar-refractivity contribution in [3.8, 4) is 0 Å². The molecule has 3 rings (SSSR count). The number of esters is 1. The van der Waals surface area contributed by atoms with Crippen molar-refractivity contribution >= 4 is 39.3 Å². The molecule has 1 fully saturated rings. The molecule has 0 unspecified atom stereocenters. The smallest absolute Gasteiger partial charge is 0.348 e. The minimum absolute atomic E-state index is 0.304. The molecule has 0 amide bonds. The van der Waals surface area contributed by atoms with Crippen LogP contribution in [0.1, 0.15) is 35.0 Å². The van der Waals surface area contributed by atoms with Crippen LogP contribution >= 0.6 is 11.3 Å². The van der Waals surface area contributed by atoms with E-state index in [1.54, 1.807) is 11.8 Å². The van der Waals surface area contributed by atoms with Gasteiger partial charge in [0.05, 0.1) is 12.0 Å². The zero-order chi connectivity index (χ0) is 16.6. The predicted octanol–water partition coefficient (Wildman–Crippen LogP) is 2.23. The minimum atomic E-state index is -0.854. The highest BCUT2D eigenvalue weighted by atomic mass is 32.1. The van der Waals surface area contributed by atoms with E-state index in [0.717, 1.165) is 17.4 Å². The molecule has 1 saturated heterocycles. The molecule has 0 bridgehead atoms. The highest BCUT2D eigenvalue weighted by Gasteiger charge is 2.33. The molecule has 1 N–H and O–H groups in total. The molecule has 1 aliphatic rings. The average molecular weight is 335 g/mol. The molecule has 2 aromatic rings. The summed E-state index contributed by atoms with van der Waals surface area (Å²) in [6, 6.07) is -0.585. The number of aromatic nitrogens is 2. The van der Waals surface area contributed by atoms with Gasteiger partial charge in [0.15, 0.2) is 0 Å². The summed E-state index contributed by atoms with van der Waals surface area (Å²) >= 11 is 1.25. The fourth-order valence-corrected chi connectivity index (χ4v) is 3.98. The summed E-state index contributed by atoms with van der Waals surface area (Å²) in [5.41, 5.74) is 0.745. The van der Waals surface area contributed by atoms with Crippen LogP contribution in [0.3, 0.4) is 0 Å². The van der Waals surface area contributed by atoms with Gasteiger partial charge in [0.25, 0.3) is 0 Å². The van der Waals surface area contributed by atoms with Gasteiger partial charge >= 0.3 is 11.9 Å². The number of hydrogen-bond acceptors (Lipinski definition) is 7. The van der Waals surface area contributed by atoms with Crippen LogP contribution in [0.2, 0.25) is 0 Å². The SMILES string of the molecule is CCOC(=O)c1sc2ncnc(N3CCC[C@H]3C(=O)O)c2c1C. The van der Waals surface area contributed by atoms with E-state index >= 15 is 0 Å². The molecule has 122 valence electrons. The lowest BCUT2D eigenvalue weighted by Crippen LogP contribution is -2.36. The van der Waals surface area contributed by atoms with Crippen LogP contribution < -0.4 is 4.90 Å². The van der Waals surface area contributed by atoms with Gasteiger partial charge in [0.1, 0.15) is 27.9 Å². The van der Waals surface area contributed by atoms with Crippen molar-refractivity contribution in [2.75, 3.05) is 18.1 Å². The number of carboxylic acid groups (broad SMARTS) is 1. The van der Waals surface area contributed by atoms with E-state index in [0.29, 0.717) is 35.1 Å². The van der Waals surface area contributed by atoms with Crippen molar-refractivity contribution < 1.29 is 19.4 Å². The van der Waals surface area contributed by atoms with Gasteiger partial charge in [-0.3, -0.25) is 0 Å². The first-order valence-electron chi connectivity index (χ1n) is 7.45. The Balaban J connectivity index is 2.12. The largest absolute Gasteiger partial charge is 0.480 e. The Kier molecular flexibility index (Phi) is 4.16. The van der Waals surface area contributed by atoms with Crippen molar-refractivity contribution in [3.05, 3.63) is 16.8 Å². The maximum atomic E-state index is 12.1. The molecule has 0 aromatic carbocycles. The van der Waals surface area contributed by atoms with Crippen LogP contribution in [-0.4, -0.2) is 46.2 Å². The molecule has 7 nitrogen and oxygen atoms in total. The Hall–Kier alpha value is -2.22. The first-order chi connectivity index (χ1) is 11.0. The van der Waals surface area contributed by atoms with Crippen LogP contribution in [0.25, 0.3) is 10.2 Å². The van der Waals surface area contributed by atoms with Crippen LogP contribution in [0.15, 0.2) is 6.33 Å². The Morgan fingerprint density at radius 3 is 2.96 bits per heavy atom. The summed E-state index contributed by atoms with van der Waals surface area (Å²) in [4.78, 5) is 35.0. The Labute approximate surface area is 136 Å². The van der Waals surface area contributed by atoms with Crippen LogP contribution in [-0.2, 0) is 9.53 Å². The maximum absolute atomic E-state index is 12.1. The third kappa shape index (κ3) is 2.63. The number of anilines is 1. The molecular weight excluding hydrogens is 318 g/mol. The molecular formula is C15H17N3O4S. The fraction of sp³-hybridized carbons (Fsp3) is 0.467. The lowest BCUT2D eigenvalue weighted by molar-refractivity contribution is -0.138. The summed E-state index contributed by atoms with van der Waals surface area (Å²) in [6.07, 6.45) is 2.81. The Morgan fingerprint density at radius 2 is 2.26 bits per heavy atom. The summed E-state index contributed by atoms with van der Waals surface area (Å²) in [7, 11) is 0. The lowest BCUT2D eigenvalue weighted by Gasteiger charge is -2.23. The molecule has 1 aliphatic heterocycles. The zero-order valence-electron chi connectivity index (χ0n) is 12.9. The number of ether oxygens (including phenoxy) is 1. The van der Waals surface area contributed by atoms with Gasteiger partial charge < -0.3 is 14.7 Å². The molecule has 0 saturated carbocycles. The Morgan fingerprint density at radius 1 is 1.48 bits per heavy atom. The van der Waals surface area contributed by atoms with Crippen molar-refractivity contribution in [3.63, 3.8) is 0 Å². The normalized spacial score (nSPS) is 17.7. The molecule has 23 heavy (non-hydrogen) atoms. The summed E-state index contributed by atoms with van der Waals surface area (Å²) < 4.78 is 5.08. The number of carbonyl (C=O) groups is 2. The van der Waals surface area contributed by atoms with Crippen molar-refractivity contribution in [2.45, 2.75) is 32.7 Å². The van der Waals surface area contributed by atoms with E-state index in [1.807, 2.05) is 6.92 Å². The number of hydrogen-bond donors (Lipinski definition) is 1. The van der Waals surface area contributed by atoms with E-state index < -0.39 is 12.0 Å². The third-order valence-electron chi connectivity index (χ3n) is 3.98. The van der Waals surface area contributed by atoms with Gasteiger partial charge in [0.2, 0.25) is 0 Å². The van der Waals surface area contributed by atoms with Gasteiger partial charge in [-0.25, -0.2) is 19.6 Å². The topological polar surface area (TPSA) is 92.6 Å². The number of carbonyl (C=O) groups excluding carboxylic acids is 1. The highest BCUT2D eigenvalue weighted by molar-refractivity contribution is 7.20. The fourth-order valence-electron chi connectivity index (χ4n) is 2.94. The minimum Gasteiger partial charge on any atom is -0.480 e. The second-order valence-corrected chi connectivity index (χ2v) is 6.34. The van der Waals surface area contributed by atoms with Gasteiger partial charge in [-0.05, 0) is 32.3 Å². The number of rotatable bonds is 4. The summed E-state index contributed by atoms with van der Waals surface area (Å²) in [5.74, 6) is -0.646. The summed E-state index contributed by atoms with van der Waals surface area (Å²) in [6.45, 7) is 4.52. The van der Waals surface area contributed by atoms with Gasteiger partial charge in [-0.2, -0.15) is 0 Å². The zero-order valence-corrected chi connectivity index (χ0v) is 13.7. The van der Waals surface area contributed by atoms with Crippen molar-refractivity contribution in [1.82, 2.24) is 9.97 Å². The molecule has 0 aliphatic carbocycles. The monoisotopic (exact) mass is 335 g/mol. The number of fused-ring (bicyclic) bond motifs is 1. The number of aryl methyl sites for hydroxylation is 1. The van der Waals surface area contributed by atoms with Gasteiger partial charge in [-0.15, -0.1) is 11.3 Å². The lowest BCUT2D eigenvalue weighted by atomic mass is 10.1. The maximum Gasteiger partial charge on any atom is 0.348 e. The van der Waals surface area contributed by atoms with E-state index in [2.05, 4.69) is 9.97 Å². The van der Waals surface area contributed by atoms with E-state index in [9.17, 15) is 14.7 Å². The molecule has 2 aromatic heterocycles. The highest BCUT2D eigenvalue weighted by Crippen LogP contribution is 2.37. The molecule has 8 heteroatoms. The number of aliphatic carboxylic acids is 1. The second-order valence-electron chi connectivity index (χ2n) is 5.34. The van der Waals surface area contributed by atoms with Gasteiger partial charge in [-0.1, -0.05) is 0 Å². The molecule has 1 atom stereocenters. The average Bonchev–Trinajstić information content (AvgIpc) is 3.12.